The van der Waals surface area contributed by atoms with E-state index in [4.69, 9.17) is 11.6 Å². The van der Waals surface area contributed by atoms with Gasteiger partial charge in [0.05, 0.1) is 6.54 Å². The van der Waals surface area contributed by atoms with Crippen LogP contribution in [0.25, 0.3) is 0 Å². The van der Waals surface area contributed by atoms with Gasteiger partial charge in [0, 0.05) is 35.4 Å². The van der Waals surface area contributed by atoms with Crippen LogP contribution in [0.1, 0.15) is 69.0 Å². The fraction of sp³-hybridized carbons (Fsp3) is 0.542. The van der Waals surface area contributed by atoms with Crippen LogP contribution in [0.2, 0.25) is 5.02 Å². The molecule has 2 saturated carbocycles. The first-order valence-corrected chi connectivity index (χ1v) is 11.3. The number of carbonyl (C=O) groups is 1. The molecule has 2 aliphatic carbocycles. The van der Waals surface area contributed by atoms with Crippen molar-refractivity contribution in [3.05, 3.63) is 58.9 Å². The van der Waals surface area contributed by atoms with E-state index in [-0.39, 0.29) is 5.92 Å². The van der Waals surface area contributed by atoms with Gasteiger partial charge in [-0.15, -0.1) is 0 Å². The Hall–Kier alpha value is -1.74. The molecule has 1 amide bonds. The molecule has 1 aromatic heterocycles. The van der Waals surface area contributed by atoms with Crippen molar-refractivity contribution in [1.29, 1.82) is 0 Å². The molecule has 4 rings (SSSR count). The van der Waals surface area contributed by atoms with Crippen molar-refractivity contribution >= 4 is 17.5 Å². The highest BCUT2D eigenvalue weighted by Gasteiger charge is 2.32. The summed E-state index contributed by atoms with van der Waals surface area (Å²) in [6.07, 6.45) is 12.8. The van der Waals surface area contributed by atoms with Crippen molar-refractivity contribution in [1.82, 2.24) is 9.47 Å². The first kappa shape index (κ1) is 19.6. The summed E-state index contributed by atoms with van der Waals surface area (Å²) < 4.78 is 2.27. The molecule has 3 nitrogen and oxygen atoms in total. The summed E-state index contributed by atoms with van der Waals surface area (Å²) in [7, 11) is 0. The van der Waals surface area contributed by atoms with Crippen molar-refractivity contribution in [2.75, 3.05) is 0 Å². The predicted molar refractivity (Wildman–Crippen MR) is 114 cm³/mol. The average molecular weight is 399 g/mol. The lowest BCUT2D eigenvalue weighted by atomic mass is 9.92. The molecule has 0 radical (unpaired) electrons. The van der Waals surface area contributed by atoms with E-state index in [0.29, 0.717) is 11.9 Å². The van der Waals surface area contributed by atoms with Gasteiger partial charge in [-0.3, -0.25) is 4.79 Å². The molecule has 0 spiro atoms. The maximum Gasteiger partial charge on any atom is 0.226 e. The molecule has 1 aromatic carbocycles. The van der Waals surface area contributed by atoms with Crippen LogP contribution < -0.4 is 0 Å². The van der Waals surface area contributed by atoms with Gasteiger partial charge < -0.3 is 9.47 Å². The third-order valence-electron chi connectivity index (χ3n) is 6.50. The van der Waals surface area contributed by atoms with Crippen LogP contribution in [-0.4, -0.2) is 21.4 Å². The zero-order valence-corrected chi connectivity index (χ0v) is 17.4. The summed E-state index contributed by atoms with van der Waals surface area (Å²) >= 11 is 6.16. The first-order chi connectivity index (χ1) is 13.7. The molecule has 0 saturated heterocycles. The van der Waals surface area contributed by atoms with Crippen LogP contribution in [0.5, 0.6) is 0 Å². The molecule has 150 valence electrons. The smallest absolute Gasteiger partial charge is 0.226 e. The molecule has 0 atom stereocenters. The Morgan fingerprint density at radius 2 is 1.75 bits per heavy atom. The van der Waals surface area contributed by atoms with Crippen molar-refractivity contribution in [2.45, 2.75) is 76.9 Å². The molecular weight excluding hydrogens is 368 g/mol. The van der Waals surface area contributed by atoms with Gasteiger partial charge in [-0.05, 0) is 55.5 Å². The van der Waals surface area contributed by atoms with E-state index in [1.165, 1.54) is 43.4 Å². The molecule has 0 N–H and O–H groups in total. The lowest BCUT2D eigenvalue weighted by Crippen LogP contribution is -2.44. The second-order valence-electron chi connectivity index (χ2n) is 8.50. The van der Waals surface area contributed by atoms with E-state index < -0.39 is 0 Å². The molecule has 1 heterocycles. The van der Waals surface area contributed by atoms with E-state index in [1.54, 1.807) is 0 Å². The number of halogens is 1. The summed E-state index contributed by atoms with van der Waals surface area (Å²) in [5.41, 5.74) is 2.41. The number of hydrogen-bond acceptors (Lipinski definition) is 1. The Kier molecular flexibility index (Phi) is 6.41. The number of rotatable bonds is 6. The van der Waals surface area contributed by atoms with Crippen LogP contribution in [0.15, 0.2) is 42.6 Å². The zero-order chi connectivity index (χ0) is 19.3. The summed E-state index contributed by atoms with van der Waals surface area (Å²) in [5.74, 6) is 0.651. The van der Waals surface area contributed by atoms with E-state index in [2.05, 4.69) is 33.9 Å². The Morgan fingerprint density at radius 3 is 2.50 bits per heavy atom. The molecule has 28 heavy (non-hydrogen) atoms. The Labute approximate surface area is 173 Å². The van der Waals surface area contributed by atoms with Crippen molar-refractivity contribution in [2.24, 2.45) is 5.92 Å². The van der Waals surface area contributed by atoms with Crippen LogP contribution in [0.3, 0.4) is 0 Å². The number of amides is 1. The number of carbonyl (C=O) groups excluding carboxylic acids is 1. The summed E-state index contributed by atoms with van der Waals surface area (Å²) in [5, 5.41) is 0.770. The summed E-state index contributed by atoms with van der Waals surface area (Å²) in [4.78, 5) is 15.6. The van der Waals surface area contributed by atoms with Crippen molar-refractivity contribution in [3.63, 3.8) is 0 Å². The highest BCUT2D eigenvalue weighted by molar-refractivity contribution is 6.30. The van der Waals surface area contributed by atoms with Gasteiger partial charge in [0.1, 0.15) is 0 Å². The quantitative estimate of drug-likeness (QED) is 0.582. The topological polar surface area (TPSA) is 25.2 Å². The molecule has 0 bridgehead atoms. The largest absolute Gasteiger partial charge is 0.345 e. The number of nitrogens with zero attached hydrogens (tertiary/aromatic N) is 2. The second-order valence-corrected chi connectivity index (χ2v) is 8.93. The minimum absolute atomic E-state index is 0.248. The maximum atomic E-state index is 13.4. The van der Waals surface area contributed by atoms with Crippen molar-refractivity contribution < 1.29 is 4.79 Å². The second kappa shape index (κ2) is 9.17. The summed E-state index contributed by atoms with van der Waals surface area (Å²) in [6.45, 7) is 1.52. The minimum Gasteiger partial charge on any atom is -0.345 e. The van der Waals surface area contributed by atoms with Gasteiger partial charge in [-0.2, -0.15) is 0 Å². The monoisotopic (exact) mass is 398 g/mol. The molecule has 2 aromatic rings. The van der Waals surface area contributed by atoms with Crippen LogP contribution in [0, 0.1) is 5.92 Å². The average Bonchev–Trinajstić information content (AvgIpc) is 3.39. The molecule has 0 unspecified atom stereocenters. The lowest BCUT2D eigenvalue weighted by molar-refractivity contribution is -0.139. The van der Waals surface area contributed by atoms with Crippen LogP contribution in [-0.2, 0) is 17.9 Å². The SMILES string of the molecule is O=C(C1CCCC1)N(Cc1cccn1Cc1cccc(Cl)c1)C1CCCCC1. The first-order valence-electron chi connectivity index (χ1n) is 10.9. The van der Waals surface area contributed by atoms with Gasteiger partial charge in [0.15, 0.2) is 0 Å². The standard InChI is InChI=1S/C24H31ClN2O/c25-21-11-6-8-19(16-21)17-26-15-7-14-23(26)18-27(22-12-2-1-3-13-22)24(28)20-9-4-5-10-20/h6-8,11,14-16,20,22H,1-5,9-10,12-13,17-18H2. The molecular formula is C24H31ClN2O. The zero-order valence-electron chi connectivity index (χ0n) is 16.7. The van der Waals surface area contributed by atoms with Gasteiger partial charge in [-0.1, -0.05) is 55.8 Å². The molecule has 2 aliphatic rings. The fourth-order valence-electron chi connectivity index (χ4n) is 4.94. The Morgan fingerprint density at radius 1 is 1.00 bits per heavy atom. The maximum absolute atomic E-state index is 13.4. The Bertz CT molecular complexity index is 787. The van der Waals surface area contributed by atoms with Crippen LogP contribution in [0.4, 0.5) is 0 Å². The van der Waals surface area contributed by atoms with Crippen molar-refractivity contribution in [3.8, 4) is 0 Å². The highest BCUT2D eigenvalue weighted by atomic mass is 35.5. The van der Waals surface area contributed by atoms with E-state index in [1.807, 2.05) is 18.2 Å². The summed E-state index contributed by atoms with van der Waals surface area (Å²) in [6, 6.07) is 12.7. The number of hydrogen-bond donors (Lipinski definition) is 0. The third kappa shape index (κ3) is 4.63. The van der Waals surface area contributed by atoms with E-state index in [9.17, 15) is 4.79 Å². The van der Waals surface area contributed by atoms with E-state index >= 15 is 0 Å². The highest BCUT2D eigenvalue weighted by Crippen LogP contribution is 2.31. The Balaban J connectivity index is 1.53. The number of benzene rings is 1. The minimum atomic E-state index is 0.248. The molecule has 0 aliphatic heterocycles. The van der Waals surface area contributed by atoms with Crippen LogP contribution >= 0.6 is 11.6 Å². The van der Waals surface area contributed by atoms with E-state index in [0.717, 1.165) is 43.8 Å². The third-order valence-corrected chi connectivity index (χ3v) is 6.74. The number of aromatic nitrogens is 1. The predicted octanol–water partition coefficient (Wildman–Crippen LogP) is 6.04. The van der Waals surface area contributed by atoms with Gasteiger partial charge >= 0.3 is 0 Å². The lowest BCUT2D eigenvalue weighted by Gasteiger charge is -2.36. The molecule has 4 heteroatoms. The molecule has 2 fully saturated rings. The van der Waals surface area contributed by atoms with Gasteiger partial charge in [-0.25, -0.2) is 0 Å². The van der Waals surface area contributed by atoms with Gasteiger partial charge in [0.2, 0.25) is 5.91 Å². The van der Waals surface area contributed by atoms with Gasteiger partial charge in [0.25, 0.3) is 0 Å². The normalized spacial score (nSPS) is 18.5. The fourth-order valence-corrected chi connectivity index (χ4v) is 5.15.